The van der Waals surface area contributed by atoms with Crippen molar-refractivity contribution in [3.63, 3.8) is 0 Å². The summed E-state index contributed by atoms with van der Waals surface area (Å²) in [4.78, 5) is 26.9. The van der Waals surface area contributed by atoms with Crippen LogP contribution in [0.3, 0.4) is 0 Å². The maximum Gasteiger partial charge on any atom is 0.232 e. The van der Waals surface area contributed by atoms with E-state index in [9.17, 15) is 0 Å². The molecule has 5 heterocycles. The van der Waals surface area contributed by atoms with Crippen LogP contribution in [0, 0.1) is 0 Å². The molecule has 2 aliphatic rings. The zero-order chi connectivity index (χ0) is 27.6. The van der Waals surface area contributed by atoms with Gasteiger partial charge in [0.2, 0.25) is 17.8 Å². The molecule has 0 aliphatic carbocycles. The van der Waals surface area contributed by atoms with E-state index in [0.717, 1.165) is 76.6 Å². The molecule has 3 N–H and O–H groups in total. The fourth-order valence-corrected chi connectivity index (χ4v) is 4.64. The number of hydrogen-bond acceptors (Lipinski definition) is 12. The highest BCUT2D eigenvalue weighted by molar-refractivity contribution is 5.51. The van der Waals surface area contributed by atoms with Gasteiger partial charge in [-0.15, -0.1) is 0 Å². The number of rotatable bonds is 8. The van der Waals surface area contributed by atoms with Gasteiger partial charge in [0.1, 0.15) is 6.33 Å². The molecule has 1 atom stereocenters. The normalized spacial score (nSPS) is 17.2. The van der Waals surface area contributed by atoms with E-state index in [1.165, 1.54) is 11.9 Å². The summed E-state index contributed by atoms with van der Waals surface area (Å²) in [6.07, 6.45) is 10.0. The van der Waals surface area contributed by atoms with E-state index in [1.807, 2.05) is 29.3 Å². The zero-order valence-corrected chi connectivity index (χ0v) is 22.6. The molecule has 1 aromatic carbocycles. The number of anilines is 4. The minimum absolute atomic E-state index is 0.122. The summed E-state index contributed by atoms with van der Waals surface area (Å²) < 4.78 is 7.63. The Morgan fingerprint density at radius 2 is 1.68 bits per heavy atom. The van der Waals surface area contributed by atoms with Crippen molar-refractivity contribution in [3.8, 4) is 0 Å². The summed E-state index contributed by atoms with van der Waals surface area (Å²) in [5.41, 5.74) is 3.18. The second-order valence-corrected chi connectivity index (χ2v) is 9.41. The Balaban J connectivity index is 0.00000158. The topological polar surface area (TPSA) is 142 Å². The maximum atomic E-state index is 7.00. The molecule has 6 rings (SSSR count). The third-order valence-electron chi connectivity index (χ3n) is 6.63. The average molecular weight is 546 g/mol. The quantitative estimate of drug-likeness (QED) is 0.292. The Labute approximate surface area is 233 Å². The molecule has 0 bridgehead atoms. The van der Waals surface area contributed by atoms with E-state index >= 15 is 0 Å². The molecule has 210 valence electrons. The van der Waals surface area contributed by atoms with Gasteiger partial charge in [-0.3, -0.25) is 4.68 Å². The summed E-state index contributed by atoms with van der Waals surface area (Å²) in [6.45, 7) is 6.27. The third-order valence-corrected chi connectivity index (χ3v) is 6.63. The number of ether oxygens (including phenoxy) is 1. The van der Waals surface area contributed by atoms with Gasteiger partial charge in [-0.25, -0.2) is 19.9 Å². The Morgan fingerprint density at radius 3 is 2.40 bits per heavy atom. The van der Waals surface area contributed by atoms with Crippen LogP contribution < -0.4 is 20.4 Å². The minimum atomic E-state index is 0.122. The van der Waals surface area contributed by atoms with Gasteiger partial charge >= 0.3 is 0 Å². The number of nitrogens with one attached hydrogen (secondary N) is 2. The Hall–Kier alpha value is -4.20. The number of aliphatic hydroxyl groups excluding tert-OH is 1. The predicted molar refractivity (Wildman–Crippen MR) is 152 cm³/mol. The molecule has 2 aliphatic heterocycles. The third kappa shape index (κ3) is 7.25. The fraction of sp³-hybridized carbons (Fsp3) is 0.407. The van der Waals surface area contributed by atoms with Gasteiger partial charge < -0.3 is 30.3 Å². The van der Waals surface area contributed by atoms with Crippen molar-refractivity contribution in [1.29, 1.82) is 0 Å². The SMILES string of the molecule is CO.c1ccc(Cc2cnc(N3CCN(c4ncnc(Nc5cnn(CC6CNCCO6)c5)n4)CC3)nc2)cc1. The summed E-state index contributed by atoms with van der Waals surface area (Å²) in [7, 11) is 1.00. The summed E-state index contributed by atoms with van der Waals surface area (Å²) in [5.74, 6) is 1.89. The van der Waals surface area contributed by atoms with Crippen molar-refractivity contribution in [2.45, 2.75) is 19.1 Å². The van der Waals surface area contributed by atoms with E-state index in [4.69, 9.17) is 9.84 Å². The van der Waals surface area contributed by atoms with Gasteiger partial charge in [0.15, 0.2) is 0 Å². The molecule has 0 spiro atoms. The van der Waals surface area contributed by atoms with E-state index in [-0.39, 0.29) is 6.10 Å². The van der Waals surface area contributed by atoms with Crippen LogP contribution in [0.5, 0.6) is 0 Å². The van der Waals surface area contributed by atoms with Crippen molar-refractivity contribution >= 4 is 23.5 Å². The molecule has 0 saturated carbocycles. The van der Waals surface area contributed by atoms with Crippen LogP contribution in [0.2, 0.25) is 0 Å². The van der Waals surface area contributed by atoms with E-state index in [0.29, 0.717) is 18.4 Å². The van der Waals surface area contributed by atoms with Gasteiger partial charge in [0, 0.05) is 71.4 Å². The van der Waals surface area contributed by atoms with Crippen molar-refractivity contribution in [2.75, 3.05) is 68.1 Å². The molecule has 2 saturated heterocycles. The number of aromatic nitrogens is 7. The number of benzene rings is 1. The number of piperazine rings is 1. The zero-order valence-electron chi connectivity index (χ0n) is 22.6. The largest absolute Gasteiger partial charge is 0.400 e. The molecule has 4 aromatic rings. The van der Waals surface area contributed by atoms with E-state index in [2.05, 4.69) is 74.7 Å². The van der Waals surface area contributed by atoms with Crippen LogP contribution >= 0.6 is 0 Å². The van der Waals surface area contributed by atoms with Gasteiger partial charge in [0.25, 0.3) is 0 Å². The molecule has 0 amide bonds. The van der Waals surface area contributed by atoms with Crippen LogP contribution in [-0.4, -0.2) is 98.9 Å². The Kier molecular flexibility index (Phi) is 9.40. The first kappa shape index (κ1) is 27.4. The lowest BCUT2D eigenvalue weighted by atomic mass is 10.1. The van der Waals surface area contributed by atoms with Crippen LogP contribution in [0.25, 0.3) is 0 Å². The van der Waals surface area contributed by atoms with Crippen LogP contribution in [0.15, 0.2) is 61.4 Å². The van der Waals surface area contributed by atoms with E-state index in [1.54, 1.807) is 6.20 Å². The highest BCUT2D eigenvalue weighted by atomic mass is 16.5. The van der Waals surface area contributed by atoms with Crippen molar-refractivity contribution in [3.05, 3.63) is 72.6 Å². The number of nitrogens with zero attached hydrogens (tertiary/aromatic N) is 9. The Bertz CT molecular complexity index is 1310. The molecule has 13 heteroatoms. The first-order valence-electron chi connectivity index (χ1n) is 13.4. The van der Waals surface area contributed by atoms with Gasteiger partial charge in [-0.2, -0.15) is 10.1 Å². The van der Waals surface area contributed by atoms with Crippen molar-refractivity contribution < 1.29 is 9.84 Å². The number of aliphatic hydroxyl groups is 1. The summed E-state index contributed by atoms with van der Waals surface area (Å²) >= 11 is 0. The molecule has 1 unspecified atom stereocenters. The average Bonchev–Trinajstić information content (AvgIpc) is 3.46. The lowest BCUT2D eigenvalue weighted by Gasteiger charge is -2.34. The predicted octanol–water partition coefficient (Wildman–Crippen LogP) is 1.12. The number of hydrogen-bond donors (Lipinski definition) is 3. The molecule has 2 fully saturated rings. The first-order valence-corrected chi connectivity index (χ1v) is 13.4. The molecule has 0 radical (unpaired) electrons. The van der Waals surface area contributed by atoms with E-state index < -0.39 is 0 Å². The number of morpholine rings is 1. The van der Waals surface area contributed by atoms with Crippen LogP contribution in [0.4, 0.5) is 23.5 Å². The summed E-state index contributed by atoms with van der Waals surface area (Å²) in [5, 5.41) is 18.0. The molecule has 13 nitrogen and oxygen atoms in total. The van der Waals surface area contributed by atoms with Crippen molar-refractivity contribution in [1.82, 2.24) is 40.0 Å². The van der Waals surface area contributed by atoms with Crippen molar-refractivity contribution in [2.24, 2.45) is 0 Å². The lowest BCUT2D eigenvalue weighted by Crippen LogP contribution is -2.47. The lowest BCUT2D eigenvalue weighted by molar-refractivity contribution is 0.0161. The van der Waals surface area contributed by atoms with Gasteiger partial charge in [0.05, 0.1) is 31.1 Å². The minimum Gasteiger partial charge on any atom is -0.400 e. The highest BCUT2D eigenvalue weighted by Gasteiger charge is 2.21. The Morgan fingerprint density at radius 1 is 0.925 bits per heavy atom. The molecule has 3 aromatic heterocycles. The molecular formula is C27H35N11O2. The molecular weight excluding hydrogens is 510 g/mol. The second kappa shape index (κ2) is 13.7. The first-order chi connectivity index (χ1) is 19.8. The standard InChI is InChI=1S/C26H31N11O.CH4O/c1-2-4-20(5-3-1)12-21-13-28-25(29-14-21)35-7-9-36(10-8-35)26-31-19-30-24(34-26)33-22-15-32-37(17-22)18-23-16-27-6-11-38-23;1-2/h1-5,13-15,17,19,23,27H,6-12,16,18H2,(H,30,31,33,34);2H,1H3. The molecule has 40 heavy (non-hydrogen) atoms. The second-order valence-electron chi connectivity index (χ2n) is 9.41. The fourth-order valence-electron chi connectivity index (χ4n) is 4.64. The van der Waals surface area contributed by atoms with Gasteiger partial charge in [-0.1, -0.05) is 30.3 Å². The maximum absolute atomic E-state index is 7.00. The monoisotopic (exact) mass is 545 g/mol. The smallest absolute Gasteiger partial charge is 0.232 e. The summed E-state index contributed by atoms with van der Waals surface area (Å²) in [6, 6.07) is 10.4. The highest BCUT2D eigenvalue weighted by Crippen LogP contribution is 2.18. The van der Waals surface area contributed by atoms with Crippen LogP contribution in [0.1, 0.15) is 11.1 Å². The van der Waals surface area contributed by atoms with Gasteiger partial charge in [-0.05, 0) is 11.1 Å². The van der Waals surface area contributed by atoms with Crippen LogP contribution in [-0.2, 0) is 17.7 Å².